The molecule has 12 heavy (non-hydrogen) atoms. The summed E-state index contributed by atoms with van der Waals surface area (Å²) in [6.45, 7) is 3.44. The Morgan fingerprint density at radius 2 is 2.08 bits per heavy atom. The molecule has 2 rings (SSSR count). The lowest BCUT2D eigenvalue weighted by Gasteiger charge is -2.26. The number of ether oxygens (including phenoxy) is 2. The smallest absolute Gasteiger partial charge is 0.188 e. The van der Waals surface area contributed by atoms with E-state index in [1.54, 1.807) is 0 Å². The topological polar surface area (TPSA) is 18.5 Å². The molecule has 66 valence electrons. The van der Waals surface area contributed by atoms with E-state index in [-0.39, 0.29) is 0 Å². The van der Waals surface area contributed by atoms with Crippen molar-refractivity contribution in [3.63, 3.8) is 0 Å². The van der Waals surface area contributed by atoms with Gasteiger partial charge >= 0.3 is 0 Å². The van der Waals surface area contributed by atoms with E-state index in [0.29, 0.717) is 0 Å². The maximum absolute atomic E-state index is 5.56. The molecule has 0 aromatic rings. The number of hydrogen-bond acceptors (Lipinski definition) is 2. The van der Waals surface area contributed by atoms with Gasteiger partial charge in [0.25, 0.3) is 0 Å². The van der Waals surface area contributed by atoms with Crippen molar-refractivity contribution >= 4 is 0 Å². The van der Waals surface area contributed by atoms with Crippen molar-refractivity contribution in [2.75, 3.05) is 13.2 Å². The first-order valence-electron chi connectivity index (χ1n) is 4.45. The molecule has 2 aliphatic rings. The fourth-order valence-electron chi connectivity index (χ4n) is 1.68. The van der Waals surface area contributed by atoms with Crippen LogP contribution < -0.4 is 0 Å². The molecule has 2 nitrogen and oxygen atoms in total. The summed E-state index contributed by atoms with van der Waals surface area (Å²) in [6, 6.07) is 0. The minimum Gasteiger partial charge on any atom is -0.344 e. The van der Waals surface area contributed by atoms with Crippen LogP contribution in [0.5, 0.6) is 0 Å². The van der Waals surface area contributed by atoms with Crippen molar-refractivity contribution in [3.8, 4) is 0 Å². The lowest BCUT2D eigenvalue weighted by atomic mass is 9.98. The largest absolute Gasteiger partial charge is 0.344 e. The zero-order valence-electron chi connectivity index (χ0n) is 7.38. The van der Waals surface area contributed by atoms with Crippen LogP contribution in [-0.2, 0) is 9.47 Å². The Bertz CT molecular complexity index is 222. The van der Waals surface area contributed by atoms with E-state index in [4.69, 9.17) is 9.47 Å². The van der Waals surface area contributed by atoms with E-state index >= 15 is 0 Å². The number of rotatable bonds is 1. The zero-order chi connectivity index (χ0) is 8.44. The highest BCUT2D eigenvalue weighted by Gasteiger charge is 2.34. The van der Waals surface area contributed by atoms with E-state index in [2.05, 4.69) is 18.2 Å². The summed E-state index contributed by atoms with van der Waals surface area (Å²) in [5, 5.41) is 0. The maximum atomic E-state index is 5.56. The van der Waals surface area contributed by atoms with Crippen LogP contribution in [0.4, 0.5) is 0 Å². The second-order valence-corrected chi connectivity index (χ2v) is 3.30. The first-order valence-corrected chi connectivity index (χ1v) is 4.45. The van der Waals surface area contributed by atoms with E-state index in [1.165, 1.54) is 5.57 Å². The van der Waals surface area contributed by atoms with Gasteiger partial charge < -0.3 is 9.47 Å². The monoisotopic (exact) mass is 166 g/mol. The highest BCUT2D eigenvalue weighted by molar-refractivity contribution is 5.23. The van der Waals surface area contributed by atoms with Gasteiger partial charge in [0.1, 0.15) is 0 Å². The summed E-state index contributed by atoms with van der Waals surface area (Å²) < 4.78 is 11.1. The van der Waals surface area contributed by atoms with Crippen molar-refractivity contribution in [1.82, 2.24) is 0 Å². The summed E-state index contributed by atoms with van der Waals surface area (Å²) >= 11 is 0. The van der Waals surface area contributed by atoms with Gasteiger partial charge in [-0.2, -0.15) is 0 Å². The van der Waals surface area contributed by atoms with Crippen LogP contribution in [0.25, 0.3) is 0 Å². The van der Waals surface area contributed by atoms with Gasteiger partial charge in [-0.25, -0.2) is 0 Å². The highest BCUT2D eigenvalue weighted by Crippen LogP contribution is 2.31. The number of hydrogen-bond donors (Lipinski definition) is 0. The van der Waals surface area contributed by atoms with Gasteiger partial charge in [-0.3, -0.25) is 0 Å². The van der Waals surface area contributed by atoms with Crippen LogP contribution in [0.1, 0.15) is 19.8 Å². The third-order valence-corrected chi connectivity index (χ3v) is 2.44. The first-order chi connectivity index (χ1) is 5.81. The molecule has 0 atom stereocenters. The Kier molecular flexibility index (Phi) is 2.03. The Labute approximate surface area is 72.9 Å². The Hall–Kier alpha value is -0.600. The Balaban J connectivity index is 2.16. The van der Waals surface area contributed by atoms with Gasteiger partial charge in [-0.15, -0.1) is 0 Å². The summed E-state index contributed by atoms with van der Waals surface area (Å²) in [5.41, 5.74) is 1.27. The fourth-order valence-corrected chi connectivity index (χ4v) is 1.68. The highest BCUT2D eigenvalue weighted by atomic mass is 16.7. The summed E-state index contributed by atoms with van der Waals surface area (Å²) in [5.74, 6) is -0.426. The van der Waals surface area contributed by atoms with Gasteiger partial charge in [-0.1, -0.05) is 18.2 Å². The van der Waals surface area contributed by atoms with Crippen LogP contribution in [-0.4, -0.2) is 19.0 Å². The molecule has 0 unspecified atom stereocenters. The predicted molar refractivity (Wildman–Crippen MR) is 46.8 cm³/mol. The quantitative estimate of drug-likeness (QED) is 0.593. The molecule has 2 heteroatoms. The molecular weight excluding hydrogens is 152 g/mol. The molecule has 0 bridgehead atoms. The fraction of sp³-hybridized carbons (Fsp3) is 0.600. The molecular formula is C10H14O2. The predicted octanol–water partition coefficient (Wildman–Crippen LogP) is 2.03. The van der Waals surface area contributed by atoms with Crippen LogP contribution in [0.2, 0.25) is 0 Å². The van der Waals surface area contributed by atoms with Crippen LogP contribution in [0.3, 0.4) is 0 Å². The maximum Gasteiger partial charge on any atom is 0.188 e. The molecule has 1 fully saturated rings. The van der Waals surface area contributed by atoms with Crippen LogP contribution in [0.15, 0.2) is 23.8 Å². The molecule has 0 saturated carbocycles. The van der Waals surface area contributed by atoms with Crippen molar-refractivity contribution in [1.29, 1.82) is 0 Å². The molecule has 1 aliphatic carbocycles. The van der Waals surface area contributed by atoms with Gasteiger partial charge in [-0.05, 0) is 25.3 Å². The Morgan fingerprint density at radius 1 is 1.33 bits per heavy atom. The van der Waals surface area contributed by atoms with E-state index in [1.807, 2.05) is 6.92 Å². The third-order valence-electron chi connectivity index (χ3n) is 2.44. The zero-order valence-corrected chi connectivity index (χ0v) is 7.38. The number of allylic oxidation sites excluding steroid dienone is 3. The second-order valence-electron chi connectivity index (χ2n) is 3.30. The van der Waals surface area contributed by atoms with E-state index < -0.39 is 5.79 Å². The van der Waals surface area contributed by atoms with Crippen molar-refractivity contribution in [3.05, 3.63) is 23.8 Å². The second kappa shape index (κ2) is 3.04. The summed E-state index contributed by atoms with van der Waals surface area (Å²) in [4.78, 5) is 0. The van der Waals surface area contributed by atoms with Crippen LogP contribution >= 0.6 is 0 Å². The average Bonchev–Trinajstić information content (AvgIpc) is 2.55. The van der Waals surface area contributed by atoms with E-state index in [9.17, 15) is 0 Å². The lowest BCUT2D eigenvalue weighted by molar-refractivity contribution is -0.112. The molecule has 1 heterocycles. The van der Waals surface area contributed by atoms with Crippen molar-refractivity contribution in [2.24, 2.45) is 0 Å². The molecule has 1 saturated heterocycles. The van der Waals surface area contributed by atoms with Gasteiger partial charge in [0.15, 0.2) is 5.79 Å². The SMILES string of the molecule is CC1(C2=CC=CCC2)OCCO1. The minimum atomic E-state index is -0.426. The van der Waals surface area contributed by atoms with Crippen molar-refractivity contribution < 1.29 is 9.47 Å². The average molecular weight is 166 g/mol. The van der Waals surface area contributed by atoms with Gasteiger partial charge in [0.05, 0.1) is 13.2 Å². The Morgan fingerprint density at radius 3 is 2.67 bits per heavy atom. The molecule has 1 aliphatic heterocycles. The summed E-state index contributed by atoms with van der Waals surface area (Å²) in [6.07, 6.45) is 8.52. The molecule has 0 spiro atoms. The van der Waals surface area contributed by atoms with E-state index in [0.717, 1.165) is 26.1 Å². The molecule has 0 aromatic heterocycles. The minimum absolute atomic E-state index is 0.426. The first kappa shape index (κ1) is 8.02. The molecule has 0 radical (unpaired) electrons. The summed E-state index contributed by atoms with van der Waals surface area (Å²) in [7, 11) is 0. The van der Waals surface area contributed by atoms with Crippen LogP contribution in [0, 0.1) is 0 Å². The normalized spacial score (nSPS) is 27.2. The van der Waals surface area contributed by atoms with Gasteiger partial charge in [0, 0.05) is 0 Å². The third kappa shape index (κ3) is 1.32. The lowest BCUT2D eigenvalue weighted by Crippen LogP contribution is -2.28. The molecule has 0 aromatic carbocycles. The van der Waals surface area contributed by atoms with Gasteiger partial charge in [0.2, 0.25) is 0 Å². The van der Waals surface area contributed by atoms with Crippen molar-refractivity contribution in [2.45, 2.75) is 25.6 Å². The molecule has 0 N–H and O–H groups in total. The molecule has 0 amide bonds. The standard InChI is InChI=1S/C10H14O2/c1-10(11-7-8-12-10)9-5-3-2-4-6-9/h2-3,5H,4,6-8H2,1H3.